The summed E-state index contributed by atoms with van der Waals surface area (Å²) in [6, 6.07) is 13.6. The van der Waals surface area contributed by atoms with E-state index in [2.05, 4.69) is 9.68 Å². The molecule has 6 atom stereocenters. The molecule has 0 spiro atoms. The molecule has 2 aliphatic heterocycles. The first-order chi connectivity index (χ1) is 37.5. The number of hydrogen-bond acceptors (Lipinski definition) is 17. The number of halogens is 3. The van der Waals surface area contributed by atoms with Gasteiger partial charge in [0.25, 0.3) is 10.2 Å². The maximum Gasteiger partial charge on any atom is 0.508 e. The SMILES string of the molecule is CCCN(Cc1ccc(OC)c(C)c1)C(=O)C(C)C1N(C(=O)OCCOCCO[N+](=O)[O-])C2CC(C(=O)N3CCCC3COC(=O)OCCOCCO[N+](=O)[O-])CC21Cc1ccc(CCCOc2c(F)ccc(F)c2Cl)cc1. The highest BCUT2D eigenvalue weighted by Gasteiger charge is 2.69. The van der Waals surface area contributed by atoms with E-state index in [0.717, 1.165) is 34.4 Å². The lowest BCUT2D eigenvalue weighted by Crippen LogP contribution is -2.74. The lowest BCUT2D eigenvalue weighted by Gasteiger charge is -2.62. The summed E-state index contributed by atoms with van der Waals surface area (Å²) in [5.74, 6) is -3.05. The van der Waals surface area contributed by atoms with Gasteiger partial charge >= 0.3 is 12.2 Å². The average Bonchev–Trinajstić information content (AvgIpc) is 3.75. The van der Waals surface area contributed by atoms with Crippen molar-refractivity contribution in [3.63, 3.8) is 0 Å². The molecule has 0 N–H and O–H groups in total. The Labute approximate surface area is 455 Å². The number of nitrogens with zero attached hydrogens (tertiary/aromatic N) is 5. The van der Waals surface area contributed by atoms with Crippen LogP contribution in [0.2, 0.25) is 5.02 Å². The van der Waals surface area contributed by atoms with Gasteiger partial charge in [0.1, 0.15) is 49.6 Å². The smallest absolute Gasteiger partial charge is 0.496 e. The number of carbonyl (C=O) groups is 4. The van der Waals surface area contributed by atoms with E-state index in [-0.39, 0.29) is 96.6 Å². The van der Waals surface area contributed by atoms with Crippen molar-refractivity contribution in [2.45, 2.75) is 96.8 Å². The number of benzene rings is 3. The summed E-state index contributed by atoms with van der Waals surface area (Å²) in [7, 11) is 1.59. The molecule has 3 fully saturated rings. The van der Waals surface area contributed by atoms with E-state index < -0.39 is 74.5 Å². The van der Waals surface area contributed by atoms with Gasteiger partial charge in [0.15, 0.2) is 11.6 Å². The van der Waals surface area contributed by atoms with Gasteiger partial charge in [-0.2, -0.15) is 0 Å². The molecular weight excluding hydrogens is 1050 g/mol. The third-order valence-electron chi connectivity index (χ3n) is 14.3. The van der Waals surface area contributed by atoms with Crippen molar-refractivity contribution < 1.29 is 81.0 Å². The lowest BCUT2D eigenvalue weighted by atomic mass is 9.59. The molecule has 0 radical (unpaired) electrons. The molecule has 0 aromatic heterocycles. The predicted molar refractivity (Wildman–Crippen MR) is 273 cm³/mol. The molecule has 3 aromatic carbocycles. The molecule has 1 aliphatic carbocycles. The quantitative estimate of drug-likeness (QED) is 0.0196. The fraction of sp³-hybridized carbons (Fsp3) is 0.585. The van der Waals surface area contributed by atoms with E-state index in [4.69, 9.17) is 44.8 Å². The van der Waals surface area contributed by atoms with Gasteiger partial charge in [0.05, 0.1) is 58.1 Å². The van der Waals surface area contributed by atoms with Gasteiger partial charge in [-0.25, -0.2) is 18.4 Å². The fourth-order valence-corrected chi connectivity index (χ4v) is 11.2. The van der Waals surface area contributed by atoms with Crippen LogP contribution in [0.15, 0.2) is 54.6 Å². The summed E-state index contributed by atoms with van der Waals surface area (Å²) in [4.78, 5) is 91.6. The van der Waals surface area contributed by atoms with Gasteiger partial charge in [0.2, 0.25) is 11.8 Å². The zero-order valence-corrected chi connectivity index (χ0v) is 45.0. The fourth-order valence-electron chi connectivity index (χ4n) is 11.0. The second kappa shape index (κ2) is 29.3. The van der Waals surface area contributed by atoms with Crippen LogP contribution in [-0.4, -0.2) is 153 Å². The second-order valence-corrected chi connectivity index (χ2v) is 19.8. The molecular formula is C53H68ClF2N5O17. The third kappa shape index (κ3) is 15.9. The van der Waals surface area contributed by atoms with Crippen LogP contribution in [0.5, 0.6) is 11.5 Å². The highest BCUT2D eigenvalue weighted by atomic mass is 35.5. The Morgan fingerprint density at radius 2 is 1.49 bits per heavy atom. The third-order valence-corrected chi connectivity index (χ3v) is 14.7. The summed E-state index contributed by atoms with van der Waals surface area (Å²) in [6.07, 6.45) is 2.00. The molecule has 428 valence electrons. The average molecular weight is 1120 g/mol. The maximum atomic E-state index is 15.1. The Morgan fingerprint density at radius 1 is 0.846 bits per heavy atom. The molecule has 2 heterocycles. The Morgan fingerprint density at radius 3 is 2.14 bits per heavy atom. The van der Waals surface area contributed by atoms with E-state index >= 15 is 4.79 Å². The molecule has 0 bridgehead atoms. The van der Waals surface area contributed by atoms with Crippen LogP contribution in [0, 0.1) is 56.0 Å². The zero-order chi connectivity index (χ0) is 56.4. The highest BCUT2D eigenvalue weighted by Crippen LogP contribution is 2.61. The molecule has 6 unspecified atom stereocenters. The van der Waals surface area contributed by atoms with E-state index in [9.17, 15) is 43.4 Å². The molecule has 2 saturated heterocycles. The van der Waals surface area contributed by atoms with Crippen molar-refractivity contribution in [3.05, 3.63) is 114 Å². The van der Waals surface area contributed by atoms with Crippen LogP contribution in [0.3, 0.4) is 0 Å². The van der Waals surface area contributed by atoms with Crippen LogP contribution in [0.1, 0.15) is 74.6 Å². The molecule has 22 nitrogen and oxygen atoms in total. The van der Waals surface area contributed by atoms with Crippen molar-refractivity contribution in [1.82, 2.24) is 14.7 Å². The first kappa shape index (κ1) is 60.4. The minimum atomic E-state index is -0.981. The van der Waals surface area contributed by atoms with Crippen molar-refractivity contribution >= 4 is 35.7 Å². The standard InChI is InChI=1S/C53H68ClF2N5O17/c1-5-18-57(33-39-14-17-44(70-4)35(2)29-39)49(62)36(3)48-53(31-38-12-10-37(11-13-38)8-7-20-73-47-43(56)16-15-42(55)46(47)54)32-40(30-45(53)59(48)51(64)74-25-21-71-23-27-77-60(66)67)50(63)58-19-6-9-41(58)34-76-52(65)75-26-22-72-24-28-78-61(68)69/h10-17,29,36,40-41,45,48H,5-9,18-28,30-34H2,1-4H3. The van der Waals surface area contributed by atoms with Crippen LogP contribution in [-0.2, 0) is 62.3 Å². The molecule has 3 aromatic rings. The number of carbonyl (C=O) groups excluding carboxylic acids is 4. The Balaban J connectivity index is 1.24. The summed E-state index contributed by atoms with van der Waals surface area (Å²) < 4.78 is 66.3. The van der Waals surface area contributed by atoms with Crippen LogP contribution < -0.4 is 9.47 Å². The number of likely N-dealkylation sites (tertiary alicyclic amines) is 2. The number of rotatable bonds is 31. The van der Waals surface area contributed by atoms with Gasteiger partial charge < -0.3 is 57.5 Å². The molecule has 6 rings (SSSR count). The van der Waals surface area contributed by atoms with Crippen molar-refractivity contribution in [2.24, 2.45) is 17.3 Å². The topological polar surface area (TPSA) is 247 Å². The van der Waals surface area contributed by atoms with E-state index in [1.54, 1.807) is 28.7 Å². The highest BCUT2D eigenvalue weighted by molar-refractivity contribution is 6.32. The van der Waals surface area contributed by atoms with Gasteiger partial charge in [-0.15, -0.1) is 20.2 Å². The van der Waals surface area contributed by atoms with E-state index in [1.165, 1.54) is 0 Å². The van der Waals surface area contributed by atoms with Crippen molar-refractivity contribution in [1.29, 1.82) is 0 Å². The maximum absolute atomic E-state index is 15.1. The molecule has 1 saturated carbocycles. The van der Waals surface area contributed by atoms with Crippen LogP contribution >= 0.6 is 11.6 Å². The summed E-state index contributed by atoms with van der Waals surface area (Å²) >= 11 is 5.95. The number of hydrogen-bond donors (Lipinski definition) is 0. The second-order valence-electron chi connectivity index (χ2n) is 19.4. The van der Waals surface area contributed by atoms with Gasteiger partial charge in [-0.3, -0.25) is 9.59 Å². The lowest BCUT2D eigenvalue weighted by molar-refractivity contribution is -0.758. The molecule has 3 aliphatic rings. The Hall–Kier alpha value is -6.79. The van der Waals surface area contributed by atoms with Crippen molar-refractivity contribution in [3.8, 4) is 11.5 Å². The largest absolute Gasteiger partial charge is 0.508 e. The number of aryl methyl sites for hydroxylation is 2. The minimum absolute atomic E-state index is 0.0586. The van der Waals surface area contributed by atoms with Crippen molar-refractivity contribution in [2.75, 3.05) is 86.3 Å². The van der Waals surface area contributed by atoms with Crippen LogP contribution in [0.4, 0.5) is 18.4 Å². The molecule has 25 heteroatoms. The summed E-state index contributed by atoms with van der Waals surface area (Å²) in [5.41, 5.74) is 2.75. The summed E-state index contributed by atoms with van der Waals surface area (Å²) in [5, 5.41) is 18.6. The number of amides is 3. The first-order valence-electron chi connectivity index (χ1n) is 26.0. The number of methoxy groups -OCH3 is 1. The Bertz CT molecular complexity index is 2530. The van der Waals surface area contributed by atoms with Gasteiger partial charge in [-0.05, 0) is 98.7 Å². The van der Waals surface area contributed by atoms with E-state index in [0.29, 0.717) is 63.8 Å². The number of fused-ring (bicyclic) bond motifs is 1. The Kier molecular flexibility index (Phi) is 22.7. The summed E-state index contributed by atoms with van der Waals surface area (Å²) in [6.45, 7) is 5.31. The molecule has 3 amide bonds. The van der Waals surface area contributed by atoms with Gasteiger partial charge in [0, 0.05) is 37.0 Å². The van der Waals surface area contributed by atoms with Gasteiger partial charge in [-0.1, -0.05) is 61.8 Å². The number of ether oxygens (including phenoxy) is 7. The van der Waals surface area contributed by atoms with E-state index in [1.807, 2.05) is 56.3 Å². The molecule has 78 heavy (non-hydrogen) atoms. The zero-order valence-electron chi connectivity index (χ0n) is 44.2. The minimum Gasteiger partial charge on any atom is -0.496 e. The monoisotopic (exact) mass is 1120 g/mol. The van der Waals surface area contributed by atoms with Crippen LogP contribution in [0.25, 0.3) is 0 Å². The predicted octanol–water partition coefficient (Wildman–Crippen LogP) is 7.74. The first-order valence-corrected chi connectivity index (χ1v) is 26.4. The normalized spacial score (nSPS) is 19.7.